The van der Waals surface area contributed by atoms with Crippen molar-refractivity contribution in [3.63, 3.8) is 0 Å². The van der Waals surface area contributed by atoms with Crippen molar-refractivity contribution in [2.75, 3.05) is 13.2 Å². The Morgan fingerprint density at radius 3 is 2.28 bits per heavy atom. The number of carbonyl (C=O) groups is 1. The van der Waals surface area contributed by atoms with Crippen LogP contribution in [-0.4, -0.2) is 39.4 Å². The van der Waals surface area contributed by atoms with E-state index >= 15 is 0 Å². The molecule has 0 unspecified atom stereocenters. The van der Waals surface area contributed by atoms with Crippen LogP contribution in [0.15, 0.2) is 54.6 Å². The number of hydrogen-bond donors (Lipinski definition) is 4. The molecule has 2 aromatic rings. The van der Waals surface area contributed by atoms with Gasteiger partial charge in [0, 0.05) is 23.0 Å². The third-order valence-electron chi connectivity index (χ3n) is 5.97. The van der Waals surface area contributed by atoms with Crippen molar-refractivity contribution in [2.24, 2.45) is 5.41 Å². The zero-order valence-electron chi connectivity index (χ0n) is 16.0. The average molecular weight is 392 g/mol. The Labute approximate surface area is 169 Å². The first-order valence-corrected chi connectivity index (χ1v) is 9.70. The SMILES string of the molecule is O=C1CC(CO)(CO)Cc2ccc(C3=CC(c4ccc(C(O)O)cc4)=CC3)cc21. The van der Waals surface area contributed by atoms with E-state index in [1.807, 2.05) is 30.3 Å². The van der Waals surface area contributed by atoms with Crippen molar-refractivity contribution >= 4 is 16.9 Å². The fourth-order valence-corrected chi connectivity index (χ4v) is 4.14. The summed E-state index contributed by atoms with van der Waals surface area (Å²) < 4.78 is 0. The number of rotatable bonds is 5. The van der Waals surface area contributed by atoms with Crippen molar-refractivity contribution in [1.29, 1.82) is 0 Å². The van der Waals surface area contributed by atoms with Crippen LogP contribution in [0.4, 0.5) is 0 Å². The highest BCUT2D eigenvalue weighted by Gasteiger charge is 2.37. The number of allylic oxidation sites excluding steroid dienone is 4. The van der Waals surface area contributed by atoms with Gasteiger partial charge in [-0.15, -0.1) is 0 Å². The van der Waals surface area contributed by atoms with E-state index in [-0.39, 0.29) is 25.4 Å². The first-order chi connectivity index (χ1) is 13.9. The highest BCUT2D eigenvalue weighted by molar-refractivity contribution is 6.00. The normalized spacial score (nSPS) is 17.9. The summed E-state index contributed by atoms with van der Waals surface area (Å²) in [6.07, 6.45) is 4.13. The molecule has 0 saturated carbocycles. The van der Waals surface area contributed by atoms with Gasteiger partial charge in [0.05, 0.1) is 13.2 Å². The van der Waals surface area contributed by atoms with Gasteiger partial charge in [-0.1, -0.05) is 48.6 Å². The topological polar surface area (TPSA) is 98.0 Å². The monoisotopic (exact) mass is 392 g/mol. The van der Waals surface area contributed by atoms with Crippen LogP contribution in [0.1, 0.15) is 51.7 Å². The highest BCUT2D eigenvalue weighted by Crippen LogP contribution is 2.38. The largest absolute Gasteiger partial charge is 0.396 e. The van der Waals surface area contributed by atoms with Gasteiger partial charge in [-0.25, -0.2) is 0 Å². The van der Waals surface area contributed by atoms with E-state index in [1.54, 1.807) is 12.1 Å². The Hall–Kier alpha value is -2.57. The smallest absolute Gasteiger partial charge is 0.178 e. The van der Waals surface area contributed by atoms with Gasteiger partial charge in [0.25, 0.3) is 0 Å². The van der Waals surface area contributed by atoms with Crippen LogP contribution < -0.4 is 0 Å². The van der Waals surface area contributed by atoms with Gasteiger partial charge in [-0.2, -0.15) is 0 Å². The lowest BCUT2D eigenvalue weighted by molar-refractivity contribution is -0.0424. The van der Waals surface area contributed by atoms with E-state index in [0.29, 0.717) is 17.5 Å². The van der Waals surface area contributed by atoms with Gasteiger partial charge in [0.1, 0.15) is 0 Å². The predicted molar refractivity (Wildman–Crippen MR) is 110 cm³/mol. The Balaban J connectivity index is 1.59. The molecule has 0 heterocycles. The molecule has 0 bridgehead atoms. The number of aliphatic hydroxyl groups excluding tert-OH is 3. The lowest BCUT2D eigenvalue weighted by Crippen LogP contribution is -2.38. The molecule has 0 spiro atoms. The van der Waals surface area contributed by atoms with Gasteiger partial charge in [0.2, 0.25) is 0 Å². The number of Topliss-reactive ketones (excluding diaryl/α,β-unsaturated/α-hetero) is 1. The molecule has 2 aromatic carbocycles. The maximum absolute atomic E-state index is 12.7. The maximum atomic E-state index is 12.7. The van der Waals surface area contributed by atoms with Crippen LogP contribution in [0.3, 0.4) is 0 Å². The molecule has 2 aliphatic carbocycles. The van der Waals surface area contributed by atoms with E-state index in [0.717, 1.165) is 34.3 Å². The minimum atomic E-state index is -1.48. The average Bonchev–Trinajstić information content (AvgIpc) is 3.23. The molecule has 2 aliphatic rings. The summed E-state index contributed by atoms with van der Waals surface area (Å²) in [4.78, 5) is 12.7. The minimum absolute atomic E-state index is 0.0406. The molecule has 0 radical (unpaired) electrons. The summed E-state index contributed by atoms with van der Waals surface area (Å²) in [5, 5.41) is 37.7. The summed E-state index contributed by atoms with van der Waals surface area (Å²) in [6, 6.07) is 12.9. The van der Waals surface area contributed by atoms with Gasteiger partial charge >= 0.3 is 0 Å². The molecule has 5 heteroatoms. The number of ketones is 1. The van der Waals surface area contributed by atoms with Gasteiger partial charge < -0.3 is 20.4 Å². The molecule has 0 amide bonds. The molecular formula is C24H24O5. The van der Waals surface area contributed by atoms with Crippen molar-refractivity contribution < 1.29 is 25.2 Å². The standard InChI is InChI=1S/C24H24O5/c25-13-24(14-26)11-20-8-7-19(10-21(20)22(27)12-24)18-6-5-17(9-18)15-1-3-16(4-2-15)23(28)29/h1-5,7-10,23,25-26,28-29H,6,11-14H2. The maximum Gasteiger partial charge on any atom is 0.178 e. The van der Waals surface area contributed by atoms with Crippen LogP contribution in [0.25, 0.3) is 11.1 Å². The number of hydrogen-bond acceptors (Lipinski definition) is 5. The van der Waals surface area contributed by atoms with Crippen molar-refractivity contribution in [3.05, 3.63) is 82.4 Å². The molecule has 29 heavy (non-hydrogen) atoms. The lowest BCUT2D eigenvalue weighted by Gasteiger charge is -2.34. The molecule has 0 atom stereocenters. The van der Waals surface area contributed by atoms with Gasteiger partial charge in [-0.05, 0) is 46.7 Å². The second-order valence-electron chi connectivity index (χ2n) is 7.99. The van der Waals surface area contributed by atoms with Crippen molar-refractivity contribution in [3.8, 4) is 0 Å². The summed E-state index contributed by atoms with van der Waals surface area (Å²) in [6.45, 7) is -0.415. The third-order valence-corrected chi connectivity index (χ3v) is 5.97. The Morgan fingerprint density at radius 1 is 0.931 bits per heavy atom. The minimum Gasteiger partial charge on any atom is -0.396 e. The Kier molecular flexibility index (Phi) is 5.23. The Morgan fingerprint density at radius 2 is 1.62 bits per heavy atom. The predicted octanol–water partition coefficient (Wildman–Crippen LogP) is 2.64. The lowest BCUT2D eigenvalue weighted by atomic mass is 9.71. The molecule has 0 aliphatic heterocycles. The van der Waals surface area contributed by atoms with Gasteiger partial charge in [-0.3, -0.25) is 4.79 Å². The molecule has 0 fully saturated rings. The van der Waals surface area contributed by atoms with Crippen molar-refractivity contribution in [2.45, 2.75) is 25.6 Å². The fraction of sp³-hybridized carbons (Fsp3) is 0.292. The van der Waals surface area contributed by atoms with Crippen LogP contribution in [-0.2, 0) is 6.42 Å². The molecular weight excluding hydrogens is 368 g/mol. The molecule has 0 saturated heterocycles. The third kappa shape index (κ3) is 3.70. The molecule has 5 nitrogen and oxygen atoms in total. The molecule has 0 aromatic heterocycles. The quantitative estimate of drug-likeness (QED) is 0.587. The van der Waals surface area contributed by atoms with Crippen LogP contribution in [0, 0.1) is 5.41 Å². The van der Waals surface area contributed by atoms with E-state index in [1.165, 1.54) is 0 Å². The number of aliphatic hydroxyl groups is 4. The zero-order chi connectivity index (χ0) is 20.6. The molecule has 4 N–H and O–H groups in total. The number of benzene rings is 2. The number of carbonyl (C=O) groups excluding carboxylic acids is 1. The van der Waals surface area contributed by atoms with E-state index in [4.69, 9.17) is 0 Å². The Bertz CT molecular complexity index is 994. The van der Waals surface area contributed by atoms with Crippen LogP contribution in [0.2, 0.25) is 0 Å². The highest BCUT2D eigenvalue weighted by atomic mass is 16.5. The molecule has 4 rings (SSSR count). The first-order valence-electron chi connectivity index (χ1n) is 9.70. The fourth-order valence-electron chi connectivity index (χ4n) is 4.14. The van der Waals surface area contributed by atoms with Crippen LogP contribution in [0.5, 0.6) is 0 Å². The summed E-state index contributed by atoms with van der Waals surface area (Å²) in [5.74, 6) is -0.0406. The summed E-state index contributed by atoms with van der Waals surface area (Å²) in [7, 11) is 0. The summed E-state index contributed by atoms with van der Waals surface area (Å²) >= 11 is 0. The molecule has 150 valence electrons. The van der Waals surface area contributed by atoms with Crippen LogP contribution >= 0.6 is 0 Å². The second-order valence-corrected chi connectivity index (χ2v) is 7.99. The van der Waals surface area contributed by atoms with E-state index < -0.39 is 11.7 Å². The van der Waals surface area contributed by atoms with Gasteiger partial charge in [0.15, 0.2) is 12.1 Å². The van der Waals surface area contributed by atoms with E-state index in [9.17, 15) is 25.2 Å². The number of fused-ring (bicyclic) bond motifs is 1. The van der Waals surface area contributed by atoms with Crippen molar-refractivity contribution in [1.82, 2.24) is 0 Å². The van der Waals surface area contributed by atoms with E-state index in [2.05, 4.69) is 12.2 Å². The summed E-state index contributed by atoms with van der Waals surface area (Å²) in [5.41, 5.74) is 5.40. The second kappa shape index (κ2) is 7.69. The zero-order valence-corrected chi connectivity index (χ0v) is 16.0. The first kappa shape index (κ1) is 19.7.